The largest absolute Gasteiger partial charge is 0.494 e. The Labute approximate surface area is 138 Å². The van der Waals surface area contributed by atoms with Gasteiger partial charge in [-0.25, -0.2) is 0 Å². The van der Waals surface area contributed by atoms with Gasteiger partial charge in [0.05, 0.1) is 6.61 Å². The van der Waals surface area contributed by atoms with E-state index in [1.54, 1.807) is 0 Å². The number of aliphatic imine (C=N–C) groups is 1. The summed E-state index contributed by atoms with van der Waals surface area (Å²) in [5, 5.41) is 0. The van der Waals surface area contributed by atoms with Crippen LogP contribution in [0.2, 0.25) is 0 Å². The fraction of sp³-hybridized carbons (Fsp3) is 0.588. The number of rotatable bonds is 7. The van der Waals surface area contributed by atoms with Crippen LogP contribution in [-0.2, 0) is 6.42 Å². The lowest BCUT2D eigenvalue weighted by atomic mass is 10.1. The quantitative estimate of drug-likeness (QED) is 0.477. The zero-order valence-electron chi connectivity index (χ0n) is 13.5. The van der Waals surface area contributed by atoms with Crippen LogP contribution in [0.5, 0.6) is 5.75 Å². The third-order valence-corrected chi connectivity index (χ3v) is 4.64. The Balaban J connectivity index is 1.74. The minimum Gasteiger partial charge on any atom is -0.494 e. The maximum Gasteiger partial charge on any atom is 0.191 e. The van der Waals surface area contributed by atoms with Gasteiger partial charge in [0.15, 0.2) is 5.96 Å². The van der Waals surface area contributed by atoms with Crippen molar-refractivity contribution in [2.24, 2.45) is 10.7 Å². The fourth-order valence-corrected chi connectivity index (χ4v) is 3.18. The molecule has 1 fully saturated rings. The van der Waals surface area contributed by atoms with Crippen LogP contribution in [0.4, 0.5) is 0 Å². The summed E-state index contributed by atoms with van der Waals surface area (Å²) >= 11 is 1.98. The Morgan fingerprint density at radius 1 is 1.27 bits per heavy atom. The Bertz CT molecular complexity index is 455. The summed E-state index contributed by atoms with van der Waals surface area (Å²) < 4.78 is 5.67. The number of ether oxygens (including phenoxy) is 1. The van der Waals surface area contributed by atoms with E-state index in [2.05, 4.69) is 28.9 Å². The lowest BCUT2D eigenvalue weighted by molar-refractivity contribution is 0.309. The summed E-state index contributed by atoms with van der Waals surface area (Å²) in [6.45, 7) is 5.74. The summed E-state index contributed by atoms with van der Waals surface area (Å²) in [4.78, 5) is 6.69. The van der Waals surface area contributed by atoms with Crippen molar-refractivity contribution in [2.45, 2.75) is 26.2 Å². The van der Waals surface area contributed by atoms with E-state index in [1.807, 2.05) is 23.9 Å². The third kappa shape index (κ3) is 5.79. The zero-order chi connectivity index (χ0) is 15.6. The highest BCUT2D eigenvalue weighted by atomic mass is 32.2. The van der Waals surface area contributed by atoms with Gasteiger partial charge >= 0.3 is 0 Å². The highest BCUT2D eigenvalue weighted by Gasteiger charge is 2.11. The van der Waals surface area contributed by atoms with E-state index < -0.39 is 0 Å². The molecule has 0 aliphatic carbocycles. The lowest BCUT2D eigenvalue weighted by Gasteiger charge is -2.27. The predicted molar refractivity (Wildman–Crippen MR) is 95.9 cm³/mol. The SMILES string of the molecule is CCCCOc1ccc(CCN=C(N)N2CCSCC2)cc1. The Hall–Kier alpha value is -1.36. The second-order valence-corrected chi connectivity index (χ2v) is 6.66. The highest BCUT2D eigenvalue weighted by Crippen LogP contribution is 2.13. The van der Waals surface area contributed by atoms with Crippen LogP contribution in [0.1, 0.15) is 25.3 Å². The number of nitrogens with zero attached hydrogens (tertiary/aromatic N) is 2. The molecule has 1 heterocycles. The van der Waals surface area contributed by atoms with E-state index in [0.29, 0.717) is 5.96 Å². The molecule has 22 heavy (non-hydrogen) atoms. The Kier molecular flexibility index (Phi) is 7.43. The average molecular weight is 321 g/mol. The van der Waals surface area contributed by atoms with Crippen molar-refractivity contribution < 1.29 is 4.74 Å². The monoisotopic (exact) mass is 321 g/mol. The first-order valence-electron chi connectivity index (χ1n) is 8.14. The molecular weight excluding hydrogens is 294 g/mol. The van der Waals surface area contributed by atoms with E-state index in [1.165, 1.54) is 5.56 Å². The van der Waals surface area contributed by atoms with Gasteiger partial charge in [0.1, 0.15) is 5.75 Å². The second kappa shape index (κ2) is 9.62. The molecule has 0 bridgehead atoms. The molecule has 122 valence electrons. The number of unbranched alkanes of at least 4 members (excludes halogenated alkanes) is 1. The van der Waals surface area contributed by atoms with Crippen molar-refractivity contribution >= 4 is 17.7 Å². The summed E-state index contributed by atoms with van der Waals surface area (Å²) in [5.74, 6) is 3.94. The van der Waals surface area contributed by atoms with Gasteiger partial charge in [-0.15, -0.1) is 0 Å². The maximum absolute atomic E-state index is 6.05. The molecule has 0 radical (unpaired) electrons. The number of hydrogen-bond acceptors (Lipinski definition) is 3. The Morgan fingerprint density at radius 2 is 2.00 bits per heavy atom. The topological polar surface area (TPSA) is 50.9 Å². The molecule has 5 heteroatoms. The molecule has 2 N–H and O–H groups in total. The third-order valence-electron chi connectivity index (χ3n) is 3.70. The van der Waals surface area contributed by atoms with Gasteiger partial charge in [0, 0.05) is 31.1 Å². The molecule has 0 atom stereocenters. The molecule has 1 aliphatic rings. The van der Waals surface area contributed by atoms with Crippen molar-refractivity contribution in [1.82, 2.24) is 4.90 Å². The minimum atomic E-state index is 0.694. The summed E-state index contributed by atoms with van der Waals surface area (Å²) in [5.41, 5.74) is 7.32. The fourth-order valence-electron chi connectivity index (χ4n) is 2.28. The van der Waals surface area contributed by atoms with Gasteiger partial charge in [0.2, 0.25) is 0 Å². The van der Waals surface area contributed by atoms with Crippen LogP contribution in [0.15, 0.2) is 29.3 Å². The molecule has 0 aromatic heterocycles. The number of thioether (sulfide) groups is 1. The van der Waals surface area contributed by atoms with Gasteiger partial charge in [-0.2, -0.15) is 11.8 Å². The molecule has 1 aromatic carbocycles. The number of guanidine groups is 1. The van der Waals surface area contributed by atoms with E-state index >= 15 is 0 Å². The molecule has 0 spiro atoms. The van der Waals surface area contributed by atoms with Gasteiger partial charge in [-0.05, 0) is 30.5 Å². The number of benzene rings is 1. The minimum absolute atomic E-state index is 0.694. The molecule has 1 saturated heterocycles. The van der Waals surface area contributed by atoms with Gasteiger partial charge < -0.3 is 15.4 Å². The van der Waals surface area contributed by atoms with Crippen LogP contribution in [0.3, 0.4) is 0 Å². The zero-order valence-corrected chi connectivity index (χ0v) is 14.3. The molecule has 2 rings (SSSR count). The van der Waals surface area contributed by atoms with Crippen LogP contribution >= 0.6 is 11.8 Å². The molecular formula is C17H27N3OS. The molecule has 1 aromatic rings. The standard InChI is InChI=1S/C17H27N3OS/c1-2-3-12-21-16-6-4-15(5-7-16)8-9-19-17(18)20-10-13-22-14-11-20/h4-7H,2-3,8-14H2,1H3,(H2,18,19). The molecule has 0 unspecified atom stereocenters. The lowest BCUT2D eigenvalue weighted by Crippen LogP contribution is -2.42. The summed E-state index contributed by atoms with van der Waals surface area (Å²) in [6.07, 6.45) is 3.18. The van der Waals surface area contributed by atoms with Gasteiger partial charge in [-0.1, -0.05) is 25.5 Å². The van der Waals surface area contributed by atoms with Gasteiger partial charge in [-0.3, -0.25) is 4.99 Å². The first-order chi connectivity index (χ1) is 10.8. The van der Waals surface area contributed by atoms with Crippen LogP contribution in [0.25, 0.3) is 0 Å². The summed E-state index contributed by atoms with van der Waals surface area (Å²) in [6, 6.07) is 8.31. The van der Waals surface area contributed by atoms with Crippen LogP contribution < -0.4 is 10.5 Å². The number of nitrogens with two attached hydrogens (primary N) is 1. The van der Waals surface area contributed by atoms with E-state index in [0.717, 1.165) is 62.8 Å². The van der Waals surface area contributed by atoms with Crippen LogP contribution in [0, 0.1) is 0 Å². The predicted octanol–water partition coefficient (Wildman–Crippen LogP) is 2.77. The van der Waals surface area contributed by atoms with E-state index in [9.17, 15) is 0 Å². The number of hydrogen-bond donors (Lipinski definition) is 1. The first-order valence-corrected chi connectivity index (χ1v) is 9.29. The van der Waals surface area contributed by atoms with Crippen molar-refractivity contribution in [3.8, 4) is 5.75 Å². The smallest absolute Gasteiger partial charge is 0.191 e. The maximum atomic E-state index is 6.05. The Morgan fingerprint density at radius 3 is 2.68 bits per heavy atom. The second-order valence-electron chi connectivity index (χ2n) is 5.44. The molecule has 0 saturated carbocycles. The normalized spacial score (nSPS) is 15.9. The van der Waals surface area contributed by atoms with Crippen molar-refractivity contribution in [2.75, 3.05) is 37.7 Å². The van der Waals surface area contributed by atoms with E-state index in [-0.39, 0.29) is 0 Å². The van der Waals surface area contributed by atoms with Crippen molar-refractivity contribution in [3.63, 3.8) is 0 Å². The molecule has 4 nitrogen and oxygen atoms in total. The summed E-state index contributed by atoms with van der Waals surface area (Å²) in [7, 11) is 0. The van der Waals surface area contributed by atoms with Crippen LogP contribution in [-0.4, -0.2) is 48.6 Å². The average Bonchev–Trinajstić information content (AvgIpc) is 2.57. The highest BCUT2D eigenvalue weighted by molar-refractivity contribution is 7.99. The van der Waals surface area contributed by atoms with Gasteiger partial charge in [0.25, 0.3) is 0 Å². The van der Waals surface area contributed by atoms with E-state index in [4.69, 9.17) is 10.5 Å². The molecule has 1 aliphatic heterocycles. The molecule has 0 amide bonds. The first kappa shape index (κ1) is 17.0. The van der Waals surface area contributed by atoms with Crippen molar-refractivity contribution in [3.05, 3.63) is 29.8 Å². The van der Waals surface area contributed by atoms with Crippen molar-refractivity contribution in [1.29, 1.82) is 0 Å².